The van der Waals surface area contributed by atoms with Crippen molar-refractivity contribution in [3.63, 3.8) is 0 Å². The second-order valence-corrected chi connectivity index (χ2v) is 7.06. The van der Waals surface area contributed by atoms with Crippen molar-refractivity contribution in [1.82, 2.24) is 20.4 Å². The van der Waals surface area contributed by atoms with Crippen LogP contribution in [0, 0.1) is 0 Å². The third-order valence-corrected chi connectivity index (χ3v) is 5.11. The highest BCUT2D eigenvalue weighted by atomic mass is 32.2. The molecule has 0 bridgehead atoms. The molecule has 1 fully saturated rings. The molecule has 1 atom stereocenters. The lowest BCUT2D eigenvalue weighted by Gasteiger charge is -2.24. The average Bonchev–Trinajstić information content (AvgIpc) is 3.10. The van der Waals surface area contributed by atoms with Gasteiger partial charge in [-0.3, -0.25) is 9.67 Å². The molecule has 2 rings (SSSR count). The molecule has 1 saturated heterocycles. The number of guanidine groups is 1. The minimum atomic E-state index is 0.368. The monoisotopic (exact) mass is 295 g/mol. The van der Waals surface area contributed by atoms with Gasteiger partial charge in [-0.15, -0.1) is 0 Å². The van der Waals surface area contributed by atoms with Crippen LogP contribution < -0.4 is 10.6 Å². The van der Waals surface area contributed by atoms with Crippen LogP contribution in [-0.4, -0.2) is 46.4 Å². The zero-order chi connectivity index (χ0) is 14.3. The number of rotatable bonds is 6. The van der Waals surface area contributed by atoms with Crippen molar-refractivity contribution < 1.29 is 0 Å². The molecule has 2 N–H and O–H groups in total. The quantitative estimate of drug-likeness (QED) is 0.477. The van der Waals surface area contributed by atoms with Crippen LogP contribution >= 0.6 is 11.8 Å². The van der Waals surface area contributed by atoms with Gasteiger partial charge in [0.15, 0.2) is 5.96 Å². The molecule has 0 saturated carbocycles. The number of hydrogen-bond donors (Lipinski definition) is 2. The smallest absolute Gasteiger partial charge is 0.191 e. The molecule has 0 aliphatic carbocycles. The fourth-order valence-corrected chi connectivity index (χ4v) is 3.59. The minimum absolute atomic E-state index is 0.368. The lowest BCUT2D eigenvalue weighted by Crippen LogP contribution is -2.44. The summed E-state index contributed by atoms with van der Waals surface area (Å²) in [5, 5.41) is 11.0. The molecular weight excluding hydrogens is 270 g/mol. The molecule has 0 radical (unpaired) electrons. The highest BCUT2D eigenvalue weighted by Gasteiger charge is 2.29. The van der Waals surface area contributed by atoms with Gasteiger partial charge in [0.1, 0.15) is 0 Å². The highest BCUT2D eigenvalue weighted by Crippen LogP contribution is 2.36. The first kappa shape index (κ1) is 15.2. The van der Waals surface area contributed by atoms with Gasteiger partial charge in [-0.2, -0.15) is 16.9 Å². The molecule has 1 aliphatic rings. The van der Waals surface area contributed by atoms with Crippen molar-refractivity contribution in [1.29, 1.82) is 0 Å². The molecule has 0 aromatic carbocycles. The first-order valence-electron chi connectivity index (χ1n) is 7.28. The number of aromatic nitrogens is 2. The molecule has 1 aliphatic heterocycles. The second kappa shape index (κ2) is 7.57. The molecule has 6 heteroatoms. The van der Waals surface area contributed by atoms with Gasteiger partial charge in [-0.25, -0.2) is 0 Å². The van der Waals surface area contributed by atoms with E-state index in [1.54, 1.807) is 0 Å². The van der Waals surface area contributed by atoms with E-state index in [4.69, 9.17) is 0 Å². The van der Waals surface area contributed by atoms with Gasteiger partial charge >= 0.3 is 0 Å². The predicted molar refractivity (Wildman–Crippen MR) is 86.3 cm³/mol. The third-order valence-electron chi connectivity index (χ3n) is 3.57. The van der Waals surface area contributed by atoms with E-state index in [1.165, 1.54) is 18.6 Å². The Labute approximate surface area is 125 Å². The van der Waals surface area contributed by atoms with E-state index in [1.807, 2.05) is 30.2 Å². The van der Waals surface area contributed by atoms with Gasteiger partial charge in [0.2, 0.25) is 0 Å². The SMILES string of the molecule is CN=C(NCCCn1cccn1)NCC1(C)CCCS1. The first-order valence-corrected chi connectivity index (χ1v) is 8.26. The summed E-state index contributed by atoms with van der Waals surface area (Å²) in [5.74, 6) is 2.19. The van der Waals surface area contributed by atoms with Gasteiger partial charge in [-0.1, -0.05) is 0 Å². The molecule has 2 heterocycles. The van der Waals surface area contributed by atoms with E-state index in [2.05, 4.69) is 39.4 Å². The molecule has 5 nitrogen and oxygen atoms in total. The molecule has 1 aromatic rings. The molecule has 1 unspecified atom stereocenters. The van der Waals surface area contributed by atoms with Crippen molar-refractivity contribution in [3.05, 3.63) is 18.5 Å². The summed E-state index contributed by atoms with van der Waals surface area (Å²) >= 11 is 2.07. The Morgan fingerprint density at radius 1 is 1.50 bits per heavy atom. The van der Waals surface area contributed by atoms with E-state index in [9.17, 15) is 0 Å². The zero-order valence-electron chi connectivity index (χ0n) is 12.4. The van der Waals surface area contributed by atoms with Gasteiger partial charge in [0, 0.05) is 43.8 Å². The summed E-state index contributed by atoms with van der Waals surface area (Å²) in [6.07, 6.45) is 7.47. The predicted octanol–water partition coefficient (Wildman–Crippen LogP) is 1.72. The van der Waals surface area contributed by atoms with Crippen molar-refractivity contribution in [2.45, 2.75) is 37.5 Å². The van der Waals surface area contributed by atoms with Crippen LogP contribution in [0.3, 0.4) is 0 Å². The maximum absolute atomic E-state index is 4.28. The van der Waals surface area contributed by atoms with Crippen molar-refractivity contribution in [2.75, 3.05) is 25.9 Å². The van der Waals surface area contributed by atoms with Crippen molar-refractivity contribution in [2.24, 2.45) is 4.99 Å². The summed E-state index contributed by atoms with van der Waals surface area (Å²) in [6, 6.07) is 1.95. The van der Waals surface area contributed by atoms with E-state index >= 15 is 0 Å². The van der Waals surface area contributed by atoms with Crippen LogP contribution in [0.5, 0.6) is 0 Å². The third kappa shape index (κ3) is 4.74. The zero-order valence-corrected chi connectivity index (χ0v) is 13.2. The van der Waals surface area contributed by atoms with E-state index in [0.717, 1.165) is 32.0 Å². The maximum Gasteiger partial charge on any atom is 0.191 e. The average molecular weight is 295 g/mol. The van der Waals surface area contributed by atoms with E-state index in [-0.39, 0.29) is 0 Å². The van der Waals surface area contributed by atoms with E-state index in [0.29, 0.717) is 4.75 Å². The summed E-state index contributed by atoms with van der Waals surface area (Å²) in [6.45, 7) is 5.16. The molecule has 1 aromatic heterocycles. The fourth-order valence-electron chi connectivity index (χ4n) is 2.35. The van der Waals surface area contributed by atoms with Gasteiger partial charge in [-0.05, 0) is 38.0 Å². The number of nitrogens with zero attached hydrogens (tertiary/aromatic N) is 3. The van der Waals surface area contributed by atoms with Crippen LogP contribution in [0.4, 0.5) is 0 Å². The molecule has 20 heavy (non-hydrogen) atoms. The Balaban J connectivity index is 1.62. The Bertz CT molecular complexity index is 409. The topological polar surface area (TPSA) is 54.2 Å². The molecule has 112 valence electrons. The Morgan fingerprint density at radius 2 is 2.40 bits per heavy atom. The maximum atomic E-state index is 4.28. The highest BCUT2D eigenvalue weighted by molar-refractivity contribution is 8.00. The Hall–Kier alpha value is -1.17. The summed E-state index contributed by atoms with van der Waals surface area (Å²) in [4.78, 5) is 4.28. The number of aryl methyl sites for hydroxylation is 1. The number of nitrogens with one attached hydrogen (secondary N) is 2. The van der Waals surface area contributed by atoms with Gasteiger partial charge < -0.3 is 10.6 Å². The number of aliphatic imine (C=N–C) groups is 1. The Morgan fingerprint density at radius 3 is 3.05 bits per heavy atom. The summed E-state index contributed by atoms with van der Waals surface area (Å²) in [7, 11) is 1.83. The van der Waals surface area contributed by atoms with Gasteiger partial charge in [0.25, 0.3) is 0 Å². The van der Waals surface area contributed by atoms with Crippen molar-refractivity contribution in [3.8, 4) is 0 Å². The Kier molecular flexibility index (Phi) is 5.76. The first-order chi connectivity index (χ1) is 9.72. The summed E-state index contributed by atoms with van der Waals surface area (Å²) in [5.41, 5.74) is 0. The minimum Gasteiger partial charge on any atom is -0.356 e. The van der Waals surface area contributed by atoms with E-state index < -0.39 is 0 Å². The fraction of sp³-hybridized carbons (Fsp3) is 0.714. The molecular formula is C14H25N5S. The van der Waals surface area contributed by atoms with Crippen LogP contribution in [0.2, 0.25) is 0 Å². The van der Waals surface area contributed by atoms with Crippen LogP contribution in [0.15, 0.2) is 23.5 Å². The van der Waals surface area contributed by atoms with Crippen molar-refractivity contribution >= 4 is 17.7 Å². The normalized spacial score (nSPS) is 23.0. The number of hydrogen-bond acceptors (Lipinski definition) is 3. The van der Waals surface area contributed by atoms with Crippen LogP contribution in [-0.2, 0) is 6.54 Å². The van der Waals surface area contributed by atoms with Crippen LogP contribution in [0.25, 0.3) is 0 Å². The van der Waals surface area contributed by atoms with Gasteiger partial charge in [0.05, 0.1) is 0 Å². The number of thioether (sulfide) groups is 1. The molecule has 0 amide bonds. The summed E-state index contributed by atoms with van der Waals surface area (Å²) < 4.78 is 2.32. The molecule has 0 spiro atoms. The lowest BCUT2D eigenvalue weighted by molar-refractivity contribution is 0.561. The van der Waals surface area contributed by atoms with Crippen LogP contribution in [0.1, 0.15) is 26.2 Å². The largest absolute Gasteiger partial charge is 0.356 e. The standard InChI is InChI=1S/C14H25N5S/c1-14(6-3-11-20-14)12-17-13(15-2)16-7-4-9-19-10-5-8-18-19/h5,8,10H,3-4,6-7,9,11-12H2,1-2H3,(H2,15,16,17). The lowest BCUT2D eigenvalue weighted by atomic mass is 10.1. The second-order valence-electron chi connectivity index (χ2n) is 5.38.